The standard InChI is InChI=1S/C20H33N7O/c1-4-21-20(27-14-12-25(13-15-27)17(2)28)23-16-18-6-5-7-22-19(18)26-10-8-24(3)9-11-26/h5-7H,4,8-16H2,1-3H3,(H,21,23). The molecule has 2 aliphatic rings. The molecule has 3 heterocycles. The van der Waals surface area contributed by atoms with E-state index in [-0.39, 0.29) is 5.91 Å². The van der Waals surface area contributed by atoms with Crippen LogP contribution in [0.2, 0.25) is 0 Å². The molecular formula is C20H33N7O. The minimum absolute atomic E-state index is 0.147. The van der Waals surface area contributed by atoms with Gasteiger partial charge in [0.15, 0.2) is 5.96 Å². The van der Waals surface area contributed by atoms with Crippen LogP contribution in [0.4, 0.5) is 5.82 Å². The van der Waals surface area contributed by atoms with Crippen LogP contribution in [0.1, 0.15) is 19.4 Å². The molecular weight excluding hydrogens is 354 g/mol. The number of nitrogens with zero attached hydrogens (tertiary/aromatic N) is 6. The number of rotatable bonds is 4. The normalized spacial score (nSPS) is 19.1. The van der Waals surface area contributed by atoms with E-state index in [0.29, 0.717) is 6.54 Å². The van der Waals surface area contributed by atoms with E-state index < -0.39 is 0 Å². The fourth-order valence-corrected chi connectivity index (χ4v) is 3.68. The van der Waals surface area contributed by atoms with E-state index in [1.54, 1.807) is 6.92 Å². The summed E-state index contributed by atoms with van der Waals surface area (Å²) in [5, 5.41) is 3.40. The number of anilines is 1. The number of nitrogens with one attached hydrogen (secondary N) is 1. The molecule has 8 heteroatoms. The maximum absolute atomic E-state index is 11.6. The zero-order chi connectivity index (χ0) is 19.9. The Balaban J connectivity index is 1.69. The van der Waals surface area contributed by atoms with Crippen LogP contribution >= 0.6 is 0 Å². The number of guanidine groups is 1. The monoisotopic (exact) mass is 387 g/mol. The van der Waals surface area contributed by atoms with Crippen LogP contribution in [-0.4, -0.2) is 97.5 Å². The molecule has 28 heavy (non-hydrogen) atoms. The number of carbonyl (C=O) groups is 1. The topological polar surface area (TPSA) is 67.3 Å². The second kappa shape index (κ2) is 9.73. The summed E-state index contributed by atoms with van der Waals surface area (Å²) in [6.07, 6.45) is 1.87. The second-order valence-corrected chi connectivity index (χ2v) is 7.44. The average molecular weight is 388 g/mol. The molecule has 0 spiro atoms. The highest BCUT2D eigenvalue weighted by atomic mass is 16.2. The van der Waals surface area contributed by atoms with Gasteiger partial charge in [-0.05, 0) is 20.0 Å². The van der Waals surface area contributed by atoms with Crippen molar-refractivity contribution in [3.05, 3.63) is 23.9 Å². The third kappa shape index (κ3) is 5.13. The van der Waals surface area contributed by atoms with Gasteiger partial charge in [-0.3, -0.25) is 4.79 Å². The number of amides is 1. The molecule has 0 unspecified atom stereocenters. The van der Waals surface area contributed by atoms with Crippen molar-refractivity contribution in [1.82, 2.24) is 25.0 Å². The van der Waals surface area contributed by atoms with E-state index in [4.69, 9.17) is 4.99 Å². The Bertz CT molecular complexity index is 677. The molecule has 2 fully saturated rings. The molecule has 3 rings (SSSR count). The molecule has 0 aromatic carbocycles. The summed E-state index contributed by atoms with van der Waals surface area (Å²) in [6, 6.07) is 4.12. The fraction of sp³-hybridized carbons (Fsp3) is 0.650. The maximum Gasteiger partial charge on any atom is 0.219 e. The highest BCUT2D eigenvalue weighted by Gasteiger charge is 2.21. The number of piperazine rings is 2. The molecule has 1 aromatic heterocycles. The Morgan fingerprint density at radius 3 is 2.43 bits per heavy atom. The molecule has 0 radical (unpaired) electrons. The van der Waals surface area contributed by atoms with E-state index in [2.05, 4.69) is 45.0 Å². The summed E-state index contributed by atoms with van der Waals surface area (Å²) in [5.41, 5.74) is 1.16. The fourth-order valence-electron chi connectivity index (χ4n) is 3.68. The zero-order valence-electron chi connectivity index (χ0n) is 17.4. The first-order chi connectivity index (χ1) is 13.6. The summed E-state index contributed by atoms with van der Waals surface area (Å²) < 4.78 is 0. The Labute approximate surface area is 168 Å². The number of hydrogen-bond donors (Lipinski definition) is 1. The maximum atomic E-state index is 11.6. The number of likely N-dealkylation sites (N-methyl/N-ethyl adjacent to an activating group) is 1. The van der Waals surface area contributed by atoms with Crippen molar-refractivity contribution in [2.24, 2.45) is 4.99 Å². The summed E-state index contributed by atoms with van der Waals surface area (Å²) in [4.78, 5) is 30.0. The van der Waals surface area contributed by atoms with Crippen molar-refractivity contribution in [3.8, 4) is 0 Å². The number of carbonyl (C=O) groups excluding carboxylic acids is 1. The second-order valence-electron chi connectivity index (χ2n) is 7.44. The number of hydrogen-bond acceptors (Lipinski definition) is 5. The van der Waals surface area contributed by atoms with Gasteiger partial charge in [-0.1, -0.05) is 6.07 Å². The summed E-state index contributed by atoms with van der Waals surface area (Å²) in [7, 11) is 2.16. The van der Waals surface area contributed by atoms with E-state index in [1.807, 2.05) is 17.2 Å². The number of aromatic nitrogens is 1. The molecule has 154 valence electrons. The molecule has 2 aliphatic heterocycles. The Morgan fingerprint density at radius 1 is 1.11 bits per heavy atom. The minimum atomic E-state index is 0.147. The van der Waals surface area contributed by atoms with E-state index in [0.717, 1.165) is 76.2 Å². The van der Waals surface area contributed by atoms with Crippen LogP contribution < -0.4 is 10.2 Å². The number of aliphatic imine (C=N–C) groups is 1. The lowest BCUT2D eigenvalue weighted by molar-refractivity contribution is -0.130. The predicted octanol–water partition coefficient (Wildman–Crippen LogP) is 0.463. The first-order valence-electron chi connectivity index (χ1n) is 10.2. The lowest BCUT2D eigenvalue weighted by atomic mass is 10.2. The van der Waals surface area contributed by atoms with Crippen LogP contribution in [0, 0.1) is 0 Å². The smallest absolute Gasteiger partial charge is 0.219 e. The van der Waals surface area contributed by atoms with E-state index >= 15 is 0 Å². The lowest BCUT2D eigenvalue weighted by Gasteiger charge is -2.36. The van der Waals surface area contributed by atoms with Crippen molar-refractivity contribution >= 4 is 17.7 Å². The predicted molar refractivity (Wildman–Crippen MR) is 113 cm³/mol. The molecule has 0 aliphatic carbocycles. The summed E-state index contributed by atoms with van der Waals surface area (Å²) in [5.74, 6) is 2.12. The Morgan fingerprint density at radius 2 is 1.79 bits per heavy atom. The van der Waals surface area contributed by atoms with Crippen LogP contribution in [0.3, 0.4) is 0 Å². The Hall–Kier alpha value is -2.35. The summed E-state index contributed by atoms with van der Waals surface area (Å²) >= 11 is 0. The summed E-state index contributed by atoms with van der Waals surface area (Å²) in [6.45, 7) is 12.4. The molecule has 0 bridgehead atoms. The van der Waals surface area contributed by atoms with Gasteiger partial charge >= 0.3 is 0 Å². The third-order valence-electron chi connectivity index (χ3n) is 5.43. The van der Waals surface area contributed by atoms with Gasteiger partial charge in [-0.15, -0.1) is 0 Å². The first kappa shape index (κ1) is 20.4. The molecule has 1 amide bonds. The van der Waals surface area contributed by atoms with Gasteiger partial charge in [-0.25, -0.2) is 9.98 Å². The average Bonchev–Trinajstić information content (AvgIpc) is 2.72. The minimum Gasteiger partial charge on any atom is -0.357 e. The quantitative estimate of drug-likeness (QED) is 0.598. The van der Waals surface area contributed by atoms with Crippen LogP contribution in [0.25, 0.3) is 0 Å². The van der Waals surface area contributed by atoms with Gasteiger partial charge in [-0.2, -0.15) is 0 Å². The van der Waals surface area contributed by atoms with Gasteiger partial charge in [0, 0.05) is 77.6 Å². The molecule has 8 nitrogen and oxygen atoms in total. The van der Waals surface area contributed by atoms with Crippen molar-refractivity contribution in [3.63, 3.8) is 0 Å². The van der Waals surface area contributed by atoms with Gasteiger partial charge < -0.3 is 24.9 Å². The number of pyridine rings is 1. The van der Waals surface area contributed by atoms with Gasteiger partial charge in [0.25, 0.3) is 0 Å². The Kier molecular flexibility index (Phi) is 7.08. The van der Waals surface area contributed by atoms with Crippen LogP contribution in [0.5, 0.6) is 0 Å². The van der Waals surface area contributed by atoms with E-state index in [9.17, 15) is 4.79 Å². The largest absolute Gasteiger partial charge is 0.357 e. The SMILES string of the molecule is CCNC(=NCc1cccnc1N1CCN(C)CC1)N1CCN(C(C)=O)CC1. The molecule has 0 atom stereocenters. The van der Waals surface area contributed by atoms with E-state index in [1.165, 1.54) is 0 Å². The third-order valence-corrected chi connectivity index (χ3v) is 5.43. The van der Waals surface area contributed by atoms with Crippen molar-refractivity contribution in [2.45, 2.75) is 20.4 Å². The molecule has 0 saturated carbocycles. The highest BCUT2D eigenvalue weighted by Crippen LogP contribution is 2.19. The van der Waals surface area contributed by atoms with Crippen molar-refractivity contribution in [2.75, 3.05) is 70.9 Å². The van der Waals surface area contributed by atoms with Gasteiger partial charge in [0.2, 0.25) is 5.91 Å². The molecule has 1 N–H and O–H groups in total. The van der Waals surface area contributed by atoms with Crippen LogP contribution in [0.15, 0.2) is 23.3 Å². The lowest BCUT2D eigenvalue weighted by Crippen LogP contribution is -2.53. The van der Waals surface area contributed by atoms with Gasteiger partial charge in [0.05, 0.1) is 6.54 Å². The van der Waals surface area contributed by atoms with Crippen molar-refractivity contribution < 1.29 is 4.79 Å². The van der Waals surface area contributed by atoms with Gasteiger partial charge in [0.1, 0.15) is 5.82 Å². The molecule has 1 aromatic rings. The zero-order valence-corrected chi connectivity index (χ0v) is 17.4. The molecule has 2 saturated heterocycles. The van der Waals surface area contributed by atoms with Crippen molar-refractivity contribution in [1.29, 1.82) is 0 Å². The highest BCUT2D eigenvalue weighted by molar-refractivity contribution is 5.80. The van der Waals surface area contributed by atoms with Crippen LogP contribution in [-0.2, 0) is 11.3 Å². The first-order valence-corrected chi connectivity index (χ1v) is 10.2.